The van der Waals surface area contributed by atoms with Crippen LogP contribution in [0.15, 0.2) is 59.8 Å². The number of aryl methyl sites for hydroxylation is 1. The lowest BCUT2D eigenvalue weighted by Gasteiger charge is -2.42. The Labute approximate surface area is 294 Å². The second-order valence-corrected chi connectivity index (χ2v) is 14.8. The first-order valence-corrected chi connectivity index (χ1v) is 18.4. The molecule has 1 aromatic heterocycles. The number of anilines is 1. The number of carbonyl (C=O) groups is 3. The standard InChI is InChI=1S/C40H50N4O6/c1-4-42-33-20-27-10-6-5-9-26(27)19-28(33)23-49-38(48)40-36(47)32-12-8-7-11-31(32)35(46)39(40,50-40)21-29(22-45)24(2)13-14-25-17-18-43-37-30(25)15-16-34(41-3)44-37/h6-8,10-12,17-18,26-28,33-34,41-42,45H,4-5,9,13-16,19-23H2,1-3H3,(H,43,44)/b29-24-/t26-,27+,28+,33-,34+,39-,40-/m0/s1. The molecule has 3 aliphatic carbocycles. The van der Waals surface area contributed by atoms with E-state index in [9.17, 15) is 19.5 Å². The Kier molecular flexibility index (Phi) is 9.82. The number of aliphatic hydroxyl groups is 1. The summed E-state index contributed by atoms with van der Waals surface area (Å²) in [5.41, 5.74) is 0.434. The molecule has 2 fully saturated rings. The number of hydrogen-bond donors (Lipinski definition) is 4. The summed E-state index contributed by atoms with van der Waals surface area (Å²) in [6, 6.07) is 8.80. The number of rotatable bonds is 12. The van der Waals surface area contributed by atoms with Gasteiger partial charge in [-0.15, -0.1) is 0 Å². The predicted octanol–water partition coefficient (Wildman–Crippen LogP) is 4.72. The quantitative estimate of drug-likeness (QED) is 0.108. The molecule has 10 nitrogen and oxygen atoms in total. The van der Waals surface area contributed by atoms with Crippen LogP contribution in [0.25, 0.3) is 0 Å². The van der Waals surface area contributed by atoms with Crippen molar-refractivity contribution in [2.75, 3.05) is 32.1 Å². The van der Waals surface area contributed by atoms with Crippen LogP contribution in [0.5, 0.6) is 0 Å². The Balaban J connectivity index is 1.12. The Hall–Kier alpha value is -3.70. The van der Waals surface area contributed by atoms with Crippen LogP contribution in [0.4, 0.5) is 5.82 Å². The van der Waals surface area contributed by atoms with Crippen molar-refractivity contribution in [2.45, 2.75) is 95.0 Å². The molecule has 1 aromatic carbocycles. The molecule has 0 unspecified atom stereocenters. The molecule has 1 saturated carbocycles. The number of Topliss-reactive ketones (excluding diaryl/α,β-unsaturated/α-hetero) is 2. The molecule has 2 aromatic rings. The lowest BCUT2D eigenvalue weighted by molar-refractivity contribution is -0.150. The number of nitrogens with one attached hydrogen (secondary N) is 3. The van der Waals surface area contributed by atoms with Crippen molar-refractivity contribution < 1.29 is 29.0 Å². The summed E-state index contributed by atoms with van der Waals surface area (Å²) in [7, 11) is 1.93. The van der Waals surface area contributed by atoms with Gasteiger partial charge >= 0.3 is 5.97 Å². The second-order valence-electron chi connectivity index (χ2n) is 14.8. The van der Waals surface area contributed by atoms with Crippen molar-refractivity contribution in [3.8, 4) is 0 Å². The van der Waals surface area contributed by atoms with E-state index in [4.69, 9.17) is 9.47 Å². The number of fused-ring (bicyclic) bond motifs is 4. The van der Waals surface area contributed by atoms with Crippen LogP contribution < -0.4 is 16.0 Å². The van der Waals surface area contributed by atoms with Gasteiger partial charge < -0.3 is 30.5 Å². The van der Waals surface area contributed by atoms with Gasteiger partial charge in [0.05, 0.1) is 19.4 Å². The predicted molar refractivity (Wildman–Crippen MR) is 190 cm³/mol. The van der Waals surface area contributed by atoms with Crippen LogP contribution in [0, 0.1) is 17.8 Å². The molecular formula is C40H50N4O6. The average molecular weight is 683 g/mol. The lowest BCUT2D eigenvalue weighted by Crippen LogP contribution is -2.52. The van der Waals surface area contributed by atoms with Crippen LogP contribution in [-0.4, -0.2) is 77.8 Å². The van der Waals surface area contributed by atoms with Crippen molar-refractivity contribution in [1.82, 2.24) is 15.6 Å². The highest BCUT2D eigenvalue weighted by Crippen LogP contribution is 2.59. The topological polar surface area (TPSA) is 142 Å². The first-order chi connectivity index (χ1) is 24.3. The smallest absolute Gasteiger partial charge is 0.350 e. The highest BCUT2D eigenvalue weighted by atomic mass is 16.7. The van der Waals surface area contributed by atoms with E-state index in [1.165, 1.54) is 11.1 Å². The van der Waals surface area contributed by atoms with E-state index < -0.39 is 28.7 Å². The summed E-state index contributed by atoms with van der Waals surface area (Å²) < 4.78 is 12.2. The molecule has 1 saturated heterocycles. The van der Waals surface area contributed by atoms with E-state index in [2.05, 4.69) is 40.0 Å². The summed E-state index contributed by atoms with van der Waals surface area (Å²) in [6.07, 6.45) is 13.8. The number of allylic oxidation sites excluding steroid dienone is 3. The zero-order valence-corrected chi connectivity index (χ0v) is 29.4. The van der Waals surface area contributed by atoms with Crippen LogP contribution >= 0.6 is 0 Å². The Morgan fingerprint density at radius 2 is 1.94 bits per heavy atom. The van der Waals surface area contributed by atoms with Gasteiger partial charge in [0.2, 0.25) is 5.78 Å². The van der Waals surface area contributed by atoms with Gasteiger partial charge in [-0.1, -0.05) is 48.9 Å². The first kappa shape index (κ1) is 34.7. The van der Waals surface area contributed by atoms with Crippen molar-refractivity contribution in [3.63, 3.8) is 0 Å². The van der Waals surface area contributed by atoms with E-state index in [1.807, 2.05) is 26.2 Å². The fraction of sp³-hybridized carbons (Fsp3) is 0.550. The summed E-state index contributed by atoms with van der Waals surface area (Å²) in [5, 5.41) is 21.0. The van der Waals surface area contributed by atoms with E-state index >= 15 is 0 Å². The minimum Gasteiger partial charge on any atom is -0.463 e. The van der Waals surface area contributed by atoms with Crippen molar-refractivity contribution in [2.24, 2.45) is 17.8 Å². The van der Waals surface area contributed by atoms with E-state index in [1.54, 1.807) is 24.3 Å². The Morgan fingerprint density at radius 1 is 1.14 bits per heavy atom. The number of ether oxygens (including phenoxy) is 2. The molecule has 2 aliphatic heterocycles. The normalized spacial score (nSPS) is 31.4. The third-order valence-electron chi connectivity index (χ3n) is 12.1. The largest absolute Gasteiger partial charge is 0.463 e. The molecule has 10 heteroatoms. The van der Waals surface area contributed by atoms with Gasteiger partial charge in [-0.2, -0.15) is 0 Å². The maximum absolute atomic E-state index is 14.3. The summed E-state index contributed by atoms with van der Waals surface area (Å²) >= 11 is 0. The molecule has 0 bridgehead atoms. The summed E-state index contributed by atoms with van der Waals surface area (Å²) in [6.45, 7) is 4.65. The highest BCUT2D eigenvalue weighted by molar-refractivity contribution is 6.32. The van der Waals surface area contributed by atoms with Gasteiger partial charge in [-0.3, -0.25) is 9.59 Å². The van der Waals surface area contributed by atoms with E-state index in [0.29, 0.717) is 23.8 Å². The molecule has 5 aliphatic rings. The molecule has 50 heavy (non-hydrogen) atoms. The molecular weight excluding hydrogens is 632 g/mol. The monoisotopic (exact) mass is 682 g/mol. The van der Waals surface area contributed by atoms with Crippen LogP contribution in [0.3, 0.4) is 0 Å². The van der Waals surface area contributed by atoms with Crippen LogP contribution in [0.2, 0.25) is 0 Å². The molecule has 3 heterocycles. The lowest BCUT2D eigenvalue weighted by atomic mass is 9.68. The molecule has 0 spiro atoms. The fourth-order valence-electron chi connectivity index (χ4n) is 9.09. The minimum absolute atomic E-state index is 0.0667. The number of epoxide rings is 1. The minimum atomic E-state index is -2.07. The molecule has 7 atom stereocenters. The molecule has 0 amide bonds. The maximum Gasteiger partial charge on any atom is 0.350 e. The van der Waals surface area contributed by atoms with E-state index in [0.717, 1.165) is 62.9 Å². The molecule has 7 rings (SSSR count). The Morgan fingerprint density at radius 3 is 2.70 bits per heavy atom. The number of hydrogen-bond acceptors (Lipinski definition) is 10. The number of nitrogens with zero attached hydrogens (tertiary/aromatic N) is 1. The highest BCUT2D eigenvalue weighted by Gasteiger charge is 2.85. The summed E-state index contributed by atoms with van der Waals surface area (Å²) in [4.78, 5) is 47.2. The second kappa shape index (κ2) is 14.1. The van der Waals surface area contributed by atoms with Crippen LogP contribution in [-0.2, 0) is 27.1 Å². The molecule has 4 N–H and O–H groups in total. The average Bonchev–Trinajstić information content (AvgIpc) is 3.85. The van der Waals surface area contributed by atoms with Gasteiger partial charge in [-0.25, -0.2) is 9.78 Å². The van der Waals surface area contributed by atoms with Gasteiger partial charge in [0.25, 0.3) is 5.60 Å². The van der Waals surface area contributed by atoms with Crippen molar-refractivity contribution >= 4 is 23.4 Å². The number of aliphatic hydroxyl groups excluding tert-OH is 1. The maximum atomic E-state index is 14.3. The van der Waals surface area contributed by atoms with Gasteiger partial charge in [0.15, 0.2) is 11.4 Å². The molecule has 0 radical (unpaired) electrons. The van der Waals surface area contributed by atoms with Crippen LogP contribution in [0.1, 0.15) is 90.6 Å². The number of ketones is 2. The first-order valence-electron chi connectivity index (χ1n) is 18.4. The van der Waals surface area contributed by atoms with Gasteiger partial charge in [-0.05, 0) is 106 Å². The summed E-state index contributed by atoms with van der Waals surface area (Å²) in [5.74, 6) is 0.256. The number of carbonyl (C=O) groups excluding carboxylic acids is 3. The van der Waals surface area contributed by atoms with Gasteiger partial charge in [0.1, 0.15) is 5.82 Å². The van der Waals surface area contributed by atoms with Crippen molar-refractivity contribution in [3.05, 3.63) is 82.1 Å². The number of benzene rings is 1. The zero-order valence-electron chi connectivity index (χ0n) is 29.4. The number of pyridine rings is 1. The SMILES string of the molecule is CCN[C@H]1C[C@H]2C=CCC[C@H]2C[C@@H]1COC(=O)[C@]12O[C@@]1(C/C(CO)=C(\C)CCc1ccnc3c1CC[C@H](NC)N3)C(=O)c1ccccc1C2=O. The van der Waals surface area contributed by atoms with E-state index in [-0.39, 0.29) is 48.9 Å². The third kappa shape index (κ3) is 5.93. The zero-order chi connectivity index (χ0) is 35.0. The Bertz CT molecular complexity index is 1720. The third-order valence-corrected chi connectivity index (χ3v) is 12.1. The van der Waals surface area contributed by atoms with Crippen molar-refractivity contribution in [1.29, 1.82) is 0 Å². The number of esters is 1. The van der Waals surface area contributed by atoms with Gasteiger partial charge in [0, 0.05) is 35.7 Å². The fourth-order valence-corrected chi connectivity index (χ4v) is 9.09. The molecule has 266 valence electrons. The number of aromatic nitrogens is 1.